The summed E-state index contributed by atoms with van der Waals surface area (Å²) in [5.74, 6) is 1.09. The summed E-state index contributed by atoms with van der Waals surface area (Å²) in [6, 6.07) is 4.05. The molecule has 0 aromatic heterocycles. The largest absolute Gasteiger partial charge is 0.488 e. The lowest BCUT2D eigenvalue weighted by Crippen LogP contribution is -2.15. The fourth-order valence-electron chi connectivity index (χ4n) is 2.73. The van der Waals surface area contributed by atoms with Gasteiger partial charge in [-0.3, -0.25) is 4.79 Å². The molecule has 0 amide bonds. The third kappa shape index (κ3) is 1.60. The second-order valence-electron chi connectivity index (χ2n) is 4.93. The van der Waals surface area contributed by atoms with Gasteiger partial charge in [-0.1, -0.05) is 12.7 Å². The molecule has 18 heavy (non-hydrogen) atoms. The van der Waals surface area contributed by atoms with Crippen molar-refractivity contribution in [3.05, 3.63) is 47.1 Å². The van der Waals surface area contributed by atoms with Crippen LogP contribution in [0.15, 0.2) is 30.4 Å². The Morgan fingerprint density at radius 1 is 1.28 bits per heavy atom. The van der Waals surface area contributed by atoms with Crippen molar-refractivity contribution < 1.29 is 9.53 Å². The van der Waals surface area contributed by atoms with E-state index in [9.17, 15) is 4.79 Å². The Bertz CT molecular complexity index is 579. The summed E-state index contributed by atoms with van der Waals surface area (Å²) in [6.07, 6.45) is 4.47. The summed E-state index contributed by atoms with van der Waals surface area (Å²) in [4.78, 5) is 11.9. The minimum absolute atomic E-state index is 0.249. The van der Waals surface area contributed by atoms with Crippen molar-refractivity contribution in [1.29, 1.82) is 0 Å². The summed E-state index contributed by atoms with van der Waals surface area (Å²) < 4.78 is 5.73. The van der Waals surface area contributed by atoms with Crippen molar-refractivity contribution in [2.75, 3.05) is 6.61 Å². The van der Waals surface area contributed by atoms with Gasteiger partial charge in [-0.2, -0.15) is 0 Å². The first-order valence-electron chi connectivity index (χ1n) is 6.36. The molecule has 0 bridgehead atoms. The van der Waals surface area contributed by atoms with E-state index < -0.39 is 0 Å². The Morgan fingerprint density at radius 3 is 2.89 bits per heavy atom. The number of Topliss-reactive ketones (excluding diaryl/α,β-unsaturated/α-hetero) is 1. The smallest absolute Gasteiger partial charge is 0.163 e. The van der Waals surface area contributed by atoms with Crippen LogP contribution in [0.5, 0.6) is 5.75 Å². The van der Waals surface area contributed by atoms with Gasteiger partial charge < -0.3 is 4.74 Å². The van der Waals surface area contributed by atoms with Gasteiger partial charge in [0.1, 0.15) is 12.4 Å². The average molecular weight is 240 g/mol. The maximum Gasteiger partial charge on any atom is 0.163 e. The number of hydrogen-bond donors (Lipinski definition) is 0. The van der Waals surface area contributed by atoms with Crippen LogP contribution in [0, 0.1) is 0 Å². The maximum absolute atomic E-state index is 11.9. The van der Waals surface area contributed by atoms with Crippen LogP contribution in [0.2, 0.25) is 0 Å². The van der Waals surface area contributed by atoms with E-state index in [4.69, 9.17) is 4.74 Å². The highest BCUT2D eigenvalue weighted by Crippen LogP contribution is 2.37. The van der Waals surface area contributed by atoms with E-state index in [2.05, 4.69) is 19.6 Å². The standard InChI is InChI=1S/C16H16O2/c1-3-11-9-18-16-8-14-12(5-4-6-15(14)17)7-13(16)10(11)2/h3,7-8H,1,4-6,9H2,2H3. The number of aryl methyl sites for hydroxylation is 1. The van der Waals surface area contributed by atoms with Crippen molar-refractivity contribution >= 4 is 11.4 Å². The first-order chi connectivity index (χ1) is 8.70. The van der Waals surface area contributed by atoms with E-state index in [1.807, 2.05) is 12.1 Å². The number of fused-ring (bicyclic) bond motifs is 2. The van der Waals surface area contributed by atoms with Crippen LogP contribution in [-0.2, 0) is 6.42 Å². The van der Waals surface area contributed by atoms with E-state index in [0.29, 0.717) is 13.0 Å². The van der Waals surface area contributed by atoms with E-state index in [1.165, 1.54) is 11.1 Å². The number of carbonyl (C=O) groups is 1. The summed E-state index contributed by atoms with van der Waals surface area (Å²) >= 11 is 0. The lowest BCUT2D eigenvalue weighted by atomic mass is 9.86. The van der Waals surface area contributed by atoms with Gasteiger partial charge >= 0.3 is 0 Å². The highest BCUT2D eigenvalue weighted by atomic mass is 16.5. The molecule has 2 aliphatic rings. The fraction of sp³-hybridized carbons (Fsp3) is 0.312. The number of allylic oxidation sites excluding steroid dienone is 1. The molecule has 1 aliphatic carbocycles. The molecular formula is C16H16O2. The highest BCUT2D eigenvalue weighted by molar-refractivity contribution is 5.99. The zero-order valence-electron chi connectivity index (χ0n) is 10.6. The topological polar surface area (TPSA) is 26.3 Å². The zero-order valence-corrected chi connectivity index (χ0v) is 10.6. The number of ether oxygens (including phenoxy) is 1. The fourth-order valence-corrected chi connectivity index (χ4v) is 2.73. The monoisotopic (exact) mass is 240 g/mol. The van der Waals surface area contributed by atoms with Crippen molar-refractivity contribution in [1.82, 2.24) is 0 Å². The molecule has 0 unspecified atom stereocenters. The quantitative estimate of drug-likeness (QED) is 0.750. The van der Waals surface area contributed by atoms with Gasteiger partial charge in [0, 0.05) is 17.5 Å². The summed E-state index contributed by atoms with van der Waals surface area (Å²) in [5, 5.41) is 0. The molecule has 2 nitrogen and oxygen atoms in total. The van der Waals surface area contributed by atoms with Crippen LogP contribution in [0.25, 0.3) is 5.57 Å². The molecule has 0 spiro atoms. The number of rotatable bonds is 1. The second kappa shape index (κ2) is 4.13. The lowest BCUT2D eigenvalue weighted by molar-refractivity contribution is 0.0972. The van der Waals surface area contributed by atoms with E-state index in [0.717, 1.165) is 35.3 Å². The Hall–Kier alpha value is -1.83. The van der Waals surface area contributed by atoms with Crippen molar-refractivity contribution in [2.24, 2.45) is 0 Å². The van der Waals surface area contributed by atoms with Crippen LogP contribution in [0.1, 0.15) is 41.3 Å². The van der Waals surface area contributed by atoms with Crippen molar-refractivity contribution in [2.45, 2.75) is 26.2 Å². The normalized spacial score (nSPS) is 17.9. The first kappa shape index (κ1) is 11.3. The van der Waals surface area contributed by atoms with Crippen LogP contribution in [0.3, 0.4) is 0 Å². The molecule has 0 fully saturated rings. The molecule has 1 aromatic carbocycles. The summed E-state index contributed by atoms with van der Waals surface area (Å²) in [7, 11) is 0. The van der Waals surface area contributed by atoms with Crippen molar-refractivity contribution in [3.63, 3.8) is 0 Å². The van der Waals surface area contributed by atoms with Crippen molar-refractivity contribution in [3.8, 4) is 5.75 Å². The molecule has 3 rings (SSSR count). The molecule has 1 aromatic rings. The molecule has 92 valence electrons. The summed E-state index contributed by atoms with van der Waals surface area (Å²) in [5.41, 5.74) is 5.48. The second-order valence-corrected chi connectivity index (χ2v) is 4.93. The number of carbonyl (C=O) groups excluding carboxylic acids is 1. The van der Waals surface area contributed by atoms with Gasteiger partial charge in [-0.05, 0) is 48.6 Å². The average Bonchev–Trinajstić information content (AvgIpc) is 2.39. The first-order valence-corrected chi connectivity index (χ1v) is 6.36. The Kier molecular flexibility index (Phi) is 2.58. The maximum atomic E-state index is 11.9. The highest BCUT2D eigenvalue weighted by Gasteiger charge is 2.23. The Labute approximate surface area is 107 Å². The molecule has 1 heterocycles. The Morgan fingerprint density at radius 2 is 2.11 bits per heavy atom. The molecule has 0 N–H and O–H groups in total. The molecule has 0 saturated heterocycles. The van der Waals surface area contributed by atoms with Crippen LogP contribution < -0.4 is 4.74 Å². The summed E-state index contributed by atoms with van der Waals surface area (Å²) in [6.45, 7) is 6.46. The van der Waals surface area contributed by atoms with E-state index in [-0.39, 0.29) is 5.78 Å². The van der Waals surface area contributed by atoms with Crippen LogP contribution >= 0.6 is 0 Å². The number of ketones is 1. The Balaban J connectivity index is 2.18. The minimum Gasteiger partial charge on any atom is -0.488 e. The van der Waals surface area contributed by atoms with Gasteiger partial charge in [0.05, 0.1) is 0 Å². The predicted octanol–water partition coefficient (Wildman–Crippen LogP) is 3.56. The minimum atomic E-state index is 0.249. The van der Waals surface area contributed by atoms with Gasteiger partial charge in [-0.25, -0.2) is 0 Å². The van der Waals surface area contributed by atoms with E-state index >= 15 is 0 Å². The molecule has 0 atom stereocenters. The van der Waals surface area contributed by atoms with E-state index in [1.54, 1.807) is 0 Å². The molecule has 0 radical (unpaired) electrons. The number of hydrogen-bond acceptors (Lipinski definition) is 2. The van der Waals surface area contributed by atoms with Gasteiger partial charge in [-0.15, -0.1) is 0 Å². The lowest BCUT2D eigenvalue weighted by Gasteiger charge is -2.24. The van der Waals surface area contributed by atoms with Crippen LogP contribution in [-0.4, -0.2) is 12.4 Å². The molecule has 0 saturated carbocycles. The SMILES string of the molecule is C=CC1=C(C)c2cc3c(cc2OC1)C(=O)CCC3. The molecular weight excluding hydrogens is 224 g/mol. The zero-order chi connectivity index (χ0) is 12.7. The molecule has 1 aliphatic heterocycles. The van der Waals surface area contributed by atoms with Gasteiger partial charge in [0.25, 0.3) is 0 Å². The molecule has 2 heteroatoms. The third-order valence-electron chi connectivity index (χ3n) is 3.87. The van der Waals surface area contributed by atoms with Crippen LogP contribution in [0.4, 0.5) is 0 Å². The van der Waals surface area contributed by atoms with Gasteiger partial charge in [0.15, 0.2) is 5.78 Å². The third-order valence-corrected chi connectivity index (χ3v) is 3.87. The van der Waals surface area contributed by atoms with Gasteiger partial charge in [0.2, 0.25) is 0 Å². The number of benzene rings is 1. The predicted molar refractivity (Wildman–Crippen MR) is 72.0 cm³/mol.